The van der Waals surface area contributed by atoms with Gasteiger partial charge in [-0.05, 0) is 62.8 Å². The van der Waals surface area contributed by atoms with Gasteiger partial charge < -0.3 is 25.1 Å². The second kappa shape index (κ2) is 10.9. The Balaban J connectivity index is 1.26. The normalized spacial score (nSPS) is 20.5. The zero-order valence-electron chi connectivity index (χ0n) is 20.3. The summed E-state index contributed by atoms with van der Waals surface area (Å²) in [5, 5.41) is 16.4. The van der Waals surface area contributed by atoms with Gasteiger partial charge in [-0.3, -0.25) is 14.4 Å². The molecule has 0 unspecified atom stereocenters. The van der Waals surface area contributed by atoms with Gasteiger partial charge in [0.25, 0.3) is 5.91 Å². The number of furan rings is 1. The van der Waals surface area contributed by atoms with Gasteiger partial charge in [0.05, 0.1) is 11.1 Å². The molecule has 3 heterocycles. The largest absolute Gasteiger partial charge is 0.449 e. The summed E-state index contributed by atoms with van der Waals surface area (Å²) >= 11 is 5.87. The molecule has 1 aromatic carbocycles. The molecule has 1 saturated heterocycles. The molecule has 1 aliphatic carbocycles. The average molecular weight is 525 g/mol. The van der Waals surface area contributed by atoms with Crippen molar-refractivity contribution < 1.29 is 23.9 Å². The van der Waals surface area contributed by atoms with Crippen molar-refractivity contribution in [3.8, 4) is 0 Å². The lowest BCUT2D eigenvalue weighted by Gasteiger charge is -2.35. The Morgan fingerprint density at radius 1 is 0.946 bits per heavy atom. The third-order valence-corrected chi connectivity index (χ3v) is 7.47. The van der Waals surface area contributed by atoms with Crippen LogP contribution in [0.1, 0.15) is 49.1 Å². The molecule has 2 fully saturated rings. The Morgan fingerprint density at radius 3 is 2.35 bits per heavy atom. The third-order valence-electron chi connectivity index (χ3n) is 7.24. The highest BCUT2D eigenvalue weighted by Gasteiger charge is 2.34. The van der Waals surface area contributed by atoms with Crippen molar-refractivity contribution in [1.82, 2.24) is 9.88 Å². The number of fused-ring (bicyclic) bond motifs is 1. The highest BCUT2D eigenvalue weighted by Crippen LogP contribution is 2.35. The number of nitrogens with one attached hydrogen (secondary N) is 2. The van der Waals surface area contributed by atoms with Crippen molar-refractivity contribution in [2.45, 2.75) is 44.6 Å². The van der Waals surface area contributed by atoms with E-state index in [1.165, 1.54) is 6.20 Å². The number of carbonyl (C=O) groups excluding carboxylic acids is 3. The lowest BCUT2D eigenvalue weighted by atomic mass is 9.80. The molecule has 1 saturated carbocycles. The zero-order valence-corrected chi connectivity index (χ0v) is 21.0. The summed E-state index contributed by atoms with van der Waals surface area (Å²) in [7, 11) is 0. The van der Waals surface area contributed by atoms with Crippen LogP contribution < -0.4 is 10.6 Å². The first-order chi connectivity index (χ1) is 17.9. The van der Waals surface area contributed by atoms with E-state index in [9.17, 15) is 19.5 Å². The standard InChI is InChI=1S/C27H29ClN4O5/c28-18-9-10-22(29-15-18)30-26(35)24-23(20-3-1-2-4-21(20)37-24)31-25(34)16-5-7-17(8-6-16)27(36)32-13-11-19(33)12-14-32/h1-4,9-10,15-17,19,33H,5-8,11-14H2,(H,31,34)(H,29,30,35)/t16-,17-. The maximum atomic E-state index is 13.3. The summed E-state index contributed by atoms with van der Waals surface area (Å²) < 4.78 is 5.82. The number of rotatable bonds is 5. The van der Waals surface area contributed by atoms with Gasteiger partial charge in [-0.25, -0.2) is 4.98 Å². The number of piperidine rings is 1. The SMILES string of the molecule is O=C(Nc1ccc(Cl)cn1)c1oc2ccccc2c1NC(=O)[C@H]1CC[C@H](C(=O)N2CCC(O)CC2)CC1. The summed E-state index contributed by atoms with van der Waals surface area (Å²) in [6, 6.07) is 10.3. The van der Waals surface area contributed by atoms with Crippen molar-refractivity contribution in [1.29, 1.82) is 0 Å². The van der Waals surface area contributed by atoms with Gasteiger partial charge in [-0.1, -0.05) is 23.7 Å². The van der Waals surface area contributed by atoms with Gasteiger partial charge in [0.2, 0.25) is 17.6 Å². The van der Waals surface area contributed by atoms with E-state index in [1.807, 2.05) is 11.0 Å². The zero-order chi connectivity index (χ0) is 25.9. The van der Waals surface area contributed by atoms with Gasteiger partial charge >= 0.3 is 0 Å². The Kier molecular flexibility index (Phi) is 7.43. The first-order valence-corrected chi connectivity index (χ1v) is 13.0. The highest BCUT2D eigenvalue weighted by atomic mass is 35.5. The Hall–Kier alpha value is -3.43. The van der Waals surface area contributed by atoms with Crippen molar-refractivity contribution in [2.24, 2.45) is 11.8 Å². The Morgan fingerprint density at radius 2 is 1.65 bits per heavy atom. The topological polar surface area (TPSA) is 125 Å². The smallest absolute Gasteiger partial charge is 0.294 e. The number of hydrogen-bond donors (Lipinski definition) is 3. The lowest BCUT2D eigenvalue weighted by Crippen LogP contribution is -2.44. The number of para-hydroxylation sites is 1. The molecule has 0 spiro atoms. The number of amides is 3. The van der Waals surface area contributed by atoms with Crippen LogP contribution in [0.5, 0.6) is 0 Å². The van der Waals surface area contributed by atoms with Crippen LogP contribution in [-0.2, 0) is 9.59 Å². The third kappa shape index (κ3) is 5.62. The molecule has 194 valence electrons. The monoisotopic (exact) mass is 524 g/mol. The van der Waals surface area contributed by atoms with Gasteiger partial charge in [0.1, 0.15) is 17.1 Å². The van der Waals surface area contributed by atoms with Crippen LogP contribution in [0.4, 0.5) is 11.5 Å². The number of carbonyl (C=O) groups is 3. The van der Waals surface area contributed by atoms with Crippen LogP contribution in [0.25, 0.3) is 11.0 Å². The molecular weight excluding hydrogens is 496 g/mol. The van der Waals surface area contributed by atoms with E-state index in [0.717, 1.165) is 0 Å². The molecule has 2 aliphatic rings. The Labute approximate surface area is 219 Å². The van der Waals surface area contributed by atoms with Crippen LogP contribution in [0, 0.1) is 11.8 Å². The number of aliphatic hydroxyl groups is 1. The minimum absolute atomic E-state index is 0.0116. The first kappa shape index (κ1) is 25.2. The van der Waals surface area contributed by atoms with E-state index < -0.39 is 5.91 Å². The van der Waals surface area contributed by atoms with E-state index >= 15 is 0 Å². The number of pyridine rings is 1. The summed E-state index contributed by atoms with van der Waals surface area (Å²) in [5.41, 5.74) is 0.796. The molecule has 3 amide bonds. The molecule has 2 aromatic heterocycles. The van der Waals surface area contributed by atoms with E-state index in [4.69, 9.17) is 16.0 Å². The van der Waals surface area contributed by atoms with E-state index in [0.29, 0.717) is 79.1 Å². The minimum atomic E-state index is -0.540. The summed E-state index contributed by atoms with van der Waals surface area (Å²) in [6.07, 6.45) is 4.79. The van der Waals surface area contributed by atoms with Crippen LogP contribution in [0.3, 0.4) is 0 Å². The fourth-order valence-corrected chi connectivity index (χ4v) is 5.24. The van der Waals surface area contributed by atoms with Crippen molar-refractivity contribution >= 4 is 51.8 Å². The molecule has 37 heavy (non-hydrogen) atoms. The van der Waals surface area contributed by atoms with Gasteiger partial charge in [0.15, 0.2) is 0 Å². The molecule has 9 nitrogen and oxygen atoms in total. The molecule has 0 bridgehead atoms. The molecule has 5 rings (SSSR count). The maximum Gasteiger partial charge on any atom is 0.294 e. The predicted molar refractivity (Wildman–Crippen MR) is 139 cm³/mol. The fraction of sp³-hybridized carbons (Fsp3) is 0.407. The minimum Gasteiger partial charge on any atom is -0.449 e. The molecule has 3 N–H and O–H groups in total. The van der Waals surface area contributed by atoms with E-state index in [1.54, 1.807) is 30.3 Å². The summed E-state index contributed by atoms with van der Waals surface area (Å²) in [4.78, 5) is 45.1. The number of hydrogen-bond acceptors (Lipinski definition) is 6. The average Bonchev–Trinajstić information content (AvgIpc) is 3.28. The predicted octanol–water partition coefficient (Wildman–Crippen LogP) is 4.46. The number of aromatic nitrogens is 1. The fourth-order valence-electron chi connectivity index (χ4n) is 5.12. The second-order valence-electron chi connectivity index (χ2n) is 9.71. The lowest BCUT2D eigenvalue weighted by molar-refractivity contribution is -0.139. The summed E-state index contributed by atoms with van der Waals surface area (Å²) in [6.45, 7) is 1.18. The molecule has 3 aromatic rings. The number of aliphatic hydroxyl groups excluding tert-OH is 1. The van der Waals surface area contributed by atoms with E-state index in [2.05, 4.69) is 15.6 Å². The molecule has 1 aliphatic heterocycles. The van der Waals surface area contributed by atoms with Crippen molar-refractivity contribution in [2.75, 3.05) is 23.7 Å². The maximum absolute atomic E-state index is 13.3. The van der Waals surface area contributed by atoms with Gasteiger partial charge in [0, 0.05) is 36.5 Å². The quantitative estimate of drug-likeness (QED) is 0.452. The number of nitrogens with zero attached hydrogens (tertiary/aromatic N) is 2. The van der Waals surface area contributed by atoms with Gasteiger partial charge in [-0.2, -0.15) is 0 Å². The van der Waals surface area contributed by atoms with Crippen LogP contribution in [-0.4, -0.2) is 51.9 Å². The van der Waals surface area contributed by atoms with Crippen LogP contribution in [0.2, 0.25) is 5.02 Å². The highest BCUT2D eigenvalue weighted by molar-refractivity contribution is 6.30. The Bertz CT molecular complexity index is 1290. The van der Waals surface area contributed by atoms with Crippen LogP contribution >= 0.6 is 11.6 Å². The van der Waals surface area contributed by atoms with Gasteiger partial charge in [-0.15, -0.1) is 0 Å². The second-order valence-corrected chi connectivity index (χ2v) is 10.1. The first-order valence-electron chi connectivity index (χ1n) is 12.6. The number of anilines is 2. The summed E-state index contributed by atoms with van der Waals surface area (Å²) in [5.74, 6) is -0.682. The van der Waals surface area contributed by atoms with Crippen molar-refractivity contribution in [3.63, 3.8) is 0 Å². The molecule has 0 radical (unpaired) electrons. The molecule has 0 atom stereocenters. The van der Waals surface area contributed by atoms with Crippen LogP contribution in [0.15, 0.2) is 47.0 Å². The van der Waals surface area contributed by atoms with E-state index in [-0.39, 0.29) is 35.5 Å². The number of benzene rings is 1. The molecule has 10 heteroatoms. The number of likely N-dealkylation sites (tertiary alicyclic amines) is 1. The van der Waals surface area contributed by atoms with Crippen molar-refractivity contribution in [3.05, 3.63) is 53.4 Å². The number of halogens is 1. The molecular formula is C27H29ClN4O5.